The van der Waals surface area contributed by atoms with Crippen molar-refractivity contribution in [3.05, 3.63) is 11.8 Å². The molecule has 0 amide bonds. The molecule has 1 radical (unpaired) electrons. The Morgan fingerprint density at radius 2 is 2.62 bits per heavy atom. The normalized spacial score (nSPS) is 23.2. The van der Waals surface area contributed by atoms with Crippen LogP contribution >= 0.6 is 0 Å². The van der Waals surface area contributed by atoms with Crippen LogP contribution in [0.2, 0.25) is 0 Å². The van der Waals surface area contributed by atoms with E-state index in [1.54, 1.807) is 6.29 Å². The zero-order valence-electron chi connectivity index (χ0n) is 4.52. The maximum absolute atomic E-state index is 9.68. The Morgan fingerprint density at radius 1 is 1.75 bits per heavy atom. The average Bonchev–Trinajstić information content (AvgIpc) is 2.19. The lowest BCUT2D eigenvalue weighted by molar-refractivity contribution is 0.264. The van der Waals surface area contributed by atoms with Gasteiger partial charge in [0.25, 0.3) is 0 Å². The Morgan fingerprint density at radius 3 is 3.12 bits per heavy atom. The van der Waals surface area contributed by atoms with Gasteiger partial charge in [0.05, 0.1) is 6.61 Å². The largest absolute Gasteiger partial charge is 0.498 e. The second kappa shape index (κ2) is 2.50. The first-order valence-corrected chi connectivity index (χ1v) is 2.63. The molecule has 0 aromatic carbocycles. The molecule has 0 atom stereocenters. The van der Waals surface area contributed by atoms with E-state index in [1.165, 1.54) is 6.08 Å². The van der Waals surface area contributed by atoms with Gasteiger partial charge in [0.15, 0.2) is 0 Å². The van der Waals surface area contributed by atoms with Crippen molar-refractivity contribution in [3.8, 4) is 0 Å². The van der Waals surface area contributed by atoms with Crippen LogP contribution in [0.1, 0.15) is 12.8 Å². The van der Waals surface area contributed by atoms with Gasteiger partial charge >= 0.3 is 0 Å². The van der Waals surface area contributed by atoms with Gasteiger partial charge in [-0.25, -0.2) is 0 Å². The van der Waals surface area contributed by atoms with Gasteiger partial charge in [0.2, 0.25) is 6.29 Å². The van der Waals surface area contributed by atoms with Crippen LogP contribution in [0.25, 0.3) is 0 Å². The van der Waals surface area contributed by atoms with Crippen LogP contribution in [0.4, 0.5) is 0 Å². The molecule has 2 heteroatoms. The van der Waals surface area contributed by atoms with Gasteiger partial charge in [-0.2, -0.15) is 0 Å². The monoisotopic (exact) mass is 111 g/mol. The van der Waals surface area contributed by atoms with Crippen molar-refractivity contribution >= 4 is 6.29 Å². The van der Waals surface area contributed by atoms with Crippen molar-refractivity contribution in [1.82, 2.24) is 0 Å². The zero-order valence-corrected chi connectivity index (χ0v) is 4.52. The summed E-state index contributed by atoms with van der Waals surface area (Å²) in [5.74, 6) is 0.778. The van der Waals surface area contributed by atoms with Crippen LogP contribution in [-0.4, -0.2) is 12.9 Å². The van der Waals surface area contributed by atoms with E-state index in [0.717, 1.165) is 25.2 Å². The van der Waals surface area contributed by atoms with Gasteiger partial charge in [-0.1, -0.05) is 0 Å². The first-order chi connectivity index (χ1) is 3.93. The Bertz CT molecular complexity index is 108. The minimum absolute atomic E-state index is 0.757. The molecule has 0 spiro atoms. The maximum Gasteiger partial charge on any atom is 0.229 e. The summed E-state index contributed by atoms with van der Waals surface area (Å²) in [6.45, 7) is 0.757. The second-order valence-corrected chi connectivity index (χ2v) is 1.68. The van der Waals surface area contributed by atoms with Gasteiger partial charge in [0.1, 0.15) is 5.76 Å². The van der Waals surface area contributed by atoms with E-state index in [0.29, 0.717) is 0 Å². The Kier molecular flexibility index (Phi) is 1.67. The highest BCUT2D eigenvalue weighted by molar-refractivity contribution is 5.66. The summed E-state index contributed by atoms with van der Waals surface area (Å²) >= 11 is 0. The summed E-state index contributed by atoms with van der Waals surface area (Å²) in [5.41, 5.74) is 0. The highest BCUT2D eigenvalue weighted by Crippen LogP contribution is 2.14. The quantitative estimate of drug-likeness (QED) is 0.467. The molecule has 1 fully saturated rings. The first-order valence-electron chi connectivity index (χ1n) is 2.63. The number of carbonyl (C=O) groups excluding carboxylic acids is 1. The molecule has 43 valence electrons. The molecule has 0 aliphatic carbocycles. The minimum atomic E-state index is 0.757. The molecule has 0 unspecified atom stereocenters. The van der Waals surface area contributed by atoms with Crippen LogP contribution in [0, 0.1) is 0 Å². The molecule has 2 nitrogen and oxygen atoms in total. The van der Waals surface area contributed by atoms with E-state index in [2.05, 4.69) is 0 Å². The number of rotatable bonds is 1. The van der Waals surface area contributed by atoms with Crippen molar-refractivity contribution in [2.24, 2.45) is 0 Å². The van der Waals surface area contributed by atoms with Crippen molar-refractivity contribution in [2.75, 3.05) is 6.61 Å². The van der Waals surface area contributed by atoms with Crippen LogP contribution in [0.3, 0.4) is 0 Å². The van der Waals surface area contributed by atoms with E-state index in [4.69, 9.17) is 4.74 Å². The van der Waals surface area contributed by atoms with E-state index >= 15 is 0 Å². The standard InChI is InChI=1S/C6H7O2/c7-4-3-6-2-1-5-8-6/h3H,1-2,5H2. The molecule has 1 heterocycles. The molecule has 0 N–H and O–H groups in total. The molecule has 1 aliphatic heterocycles. The van der Waals surface area contributed by atoms with Crippen molar-refractivity contribution < 1.29 is 9.53 Å². The molecule has 0 bridgehead atoms. The van der Waals surface area contributed by atoms with Gasteiger partial charge < -0.3 is 4.74 Å². The Labute approximate surface area is 48.1 Å². The van der Waals surface area contributed by atoms with Gasteiger partial charge in [-0.15, -0.1) is 0 Å². The molecule has 8 heavy (non-hydrogen) atoms. The summed E-state index contributed by atoms with van der Waals surface area (Å²) < 4.78 is 4.99. The third-order valence-electron chi connectivity index (χ3n) is 1.07. The summed E-state index contributed by atoms with van der Waals surface area (Å²) in [4.78, 5) is 9.68. The van der Waals surface area contributed by atoms with E-state index in [9.17, 15) is 4.79 Å². The second-order valence-electron chi connectivity index (χ2n) is 1.68. The molecule has 0 aromatic heterocycles. The molecular formula is C6H7O2. The highest BCUT2D eigenvalue weighted by atomic mass is 16.5. The highest BCUT2D eigenvalue weighted by Gasteiger charge is 2.05. The molecule has 1 rings (SSSR count). The van der Waals surface area contributed by atoms with Crippen LogP contribution < -0.4 is 0 Å². The number of allylic oxidation sites excluding steroid dienone is 2. The number of hydrogen-bond donors (Lipinski definition) is 0. The predicted octanol–water partition coefficient (Wildman–Crippen LogP) is 0.790. The fraction of sp³-hybridized carbons (Fsp3) is 0.500. The van der Waals surface area contributed by atoms with Gasteiger partial charge in [0, 0.05) is 12.5 Å². The van der Waals surface area contributed by atoms with Crippen molar-refractivity contribution in [1.29, 1.82) is 0 Å². The summed E-state index contributed by atoms with van der Waals surface area (Å²) in [6, 6.07) is 0. The zero-order chi connectivity index (χ0) is 5.82. The van der Waals surface area contributed by atoms with E-state index in [1.807, 2.05) is 0 Å². The summed E-state index contributed by atoms with van der Waals surface area (Å²) in [6.07, 6.45) is 4.96. The smallest absolute Gasteiger partial charge is 0.229 e. The molecule has 0 saturated carbocycles. The molecular weight excluding hydrogens is 104 g/mol. The van der Waals surface area contributed by atoms with Gasteiger partial charge in [-0.3, -0.25) is 4.79 Å². The molecule has 0 aromatic rings. The maximum atomic E-state index is 9.68. The van der Waals surface area contributed by atoms with Crippen molar-refractivity contribution in [2.45, 2.75) is 12.8 Å². The third kappa shape index (κ3) is 1.09. The lowest BCUT2D eigenvalue weighted by Gasteiger charge is -1.90. The first kappa shape index (κ1) is 5.35. The van der Waals surface area contributed by atoms with Crippen LogP contribution in [-0.2, 0) is 9.53 Å². The SMILES string of the molecule is O=[C]C=C1CCCO1. The third-order valence-corrected chi connectivity index (χ3v) is 1.07. The van der Waals surface area contributed by atoms with Gasteiger partial charge in [-0.05, 0) is 6.42 Å². The Balaban J connectivity index is 2.44. The number of ether oxygens (including phenoxy) is 1. The fourth-order valence-electron chi connectivity index (χ4n) is 0.701. The minimum Gasteiger partial charge on any atom is -0.498 e. The lowest BCUT2D eigenvalue weighted by atomic mass is 10.3. The average molecular weight is 111 g/mol. The van der Waals surface area contributed by atoms with Crippen LogP contribution in [0.15, 0.2) is 11.8 Å². The topological polar surface area (TPSA) is 26.3 Å². The van der Waals surface area contributed by atoms with E-state index in [-0.39, 0.29) is 0 Å². The summed E-state index contributed by atoms with van der Waals surface area (Å²) in [5, 5.41) is 0. The molecule has 1 aliphatic rings. The molecule has 1 saturated heterocycles. The van der Waals surface area contributed by atoms with Crippen LogP contribution in [0.5, 0.6) is 0 Å². The summed E-state index contributed by atoms with van der Waals surface area (Å²) in [7, 11) is 0. The number of hydrogen-bond acceptors (Lipinski definition) is 2. The lowest BCUT2D eigenvalue weighted by Crippen LogP contribution is -1.77. The van der Waals surface area contributed by atoms with E-state index < -0.39 is 0 Å². The van der Waals surface area contributed by atoms with Crippen molar-refractivity contribution in [3.63, 3.8) is 0 Å². The predicted molar refractivity (Wildman–Crippen MR) is 29.0 cm³/mol. The fourth-order valence-corrected chi connectivity index (χ4v) is 0.701. The Hall–Kier alpha value is -0.790.